The smallest absolute Gasteiger partial charge is 0.161 e. The monoisotopic (exact) mass is 352 g/mol. The molecule has 0 aromatic heterocycles. The van der Waals surface area contributed by atoms with E-state index < -0.39 is 0 Å². The molecule has 0 saturated carbocycles. The molecule has 0 N–H and O–H groups in total. The number of nitriles is 1. The number of methoxy groups -OCH3 is 3. The number of hydrogen-bond acceptors (Lipinski definition) is 5. The van der Waals surface area contributed by atoms with Crippen LogP contribution >= 0.6 is 0 Å². The Kier molecular flexibility index (Phi) is 5.34. The minimum Gasteiger partial charge on any atom is -0.497 e. The van der Waals surface area contributed by atoms with Crippen LogP contribution in [0.5, 0.6) is 17.2 Å². The van der Waals surface area contributed by atoms with Crippen LogP contribution in [0.1, 0.15) is 28.3 Å². The van der Waals surface area contributed by atoms with Gasteiger partial charge >= 0.3 is 0 Å². The van der Waals surface area contributed by atoms with Gasteiger partial charge in [0.1, 0.15) is 11.8 Å². The van der Waals surface area contributed by atoms with E-state index in [0.29, 0.717) is 6.42 Å². The fourth-order valence-corrected chi connectivity index (χ4v) is 3.53. The average molecular weight is 352 g/mol. The van der Waals surface area contributed by atoms with Crippen molar-refractivity contribution in [2.24, 2.45) is 0 Å². The molecule has 26 heavy (non-hydrogen) atoms. The van der Waals surface area contributed by atoms with Gasteiger partial charge in [0.15, 0.2) is 11.5 Å². The van der Waals surface area contributed by atoms with Gasteiger partial charge in [0, 0.05) is 6.54 Å². The summed E-state index contributed by atoms with van der Waals surface area (Å²) in [6, 6.07) is 12.2. The minimum absolute atomic E-state index is 0.283. The maximum atomic E-state index is 9.76. The van der Waals surface area contributed by atoms with E-state index in [1.807, 2.05) is 31.3 Å². The van der Waals surface area contributed by atoms with Crippen LogP contribution < -0.4 is 14.2 Å². The fourth-order valence-electron chi connectivity index (χ4n) is 3.53. The van der Waals surface area contributed by atoms with Crippen LogP contribution in [0.4, 0.5) is 0 Å². The molecule has 0 saturated heterocycles. The molecule has 1 aliphatic rings. The summed E-state index contributed by atoms with van der Waals surface area (Å²) in [6.07, 6.45) is 1.56. The Bertz CT molecular complexity index is 842. The summed E-state index contributed by atoms with van der Waals surface area (Å²) in [5.74, 6) is 2.25. The first-order valence-electron chi connectivity index (χ1n) is 8.61. The van der Waals surface area contributed by atoms with Crippen molar-refractivity contribution >= 4 is 0 Å². The first kappa shape index (κ1) is 18.1. The van der Waals surface area contributed by atoms with Gasteiger partial charge in [-0.25, -0.2) is 0 Å². The van der Waals surface area contributed by atoms with Gasteiger partial charge in [-0.2, -0.15) is 5.26 Å². The van der Waals surface area contributed by atoms with Gasteiger partial charge in [-0.15, -0.1) is 0 Å². The first-order valence-corrected chi connectivity index (χ1v) is 8.61. The number of ether oxygens (including phenoxy) is 3. The van der Waals surface area contributed by atoms with E-state index in [0.717, 1.165) is 41.3 Å². The van der Waals surface area contributed by atoms with Gasteiger partial charge in [-0.05, 0) is 66.4 Å². The van der Waals surface area contributed by atoms with Crippen molar-refractivity contribution in [1.82, 2.24) is 4.90 Å². The molecule has 0 aliphatic carbocycles. The molecule has 1 heterocycles. The highest BCUT2D eigenvalue weighted by atomic mass is 16.5. The highest BCUT2D eigenvalue weighted by molar-refractivity contribution is 5.51. The van der Waals surface area contributed by atoms with Crippen molar-refractivity contribution in [3.8, 4) is 23.3 Å². The third kappa shape index (κ3) is 3.33. The maximum Gasteiger partial charge on any atom is 0.161 e. The summed E-state index contributed by atoms with van der Waals surface area (Å²) >= 11 is 0. The van der Waals surface area contributed by atoms with Crippen molar-refractivity contribution in [2.45, 2.75) is 18.9 Å². The molecule has 0 bridgehead atoms. The van der Waals surface area contributed by atoms with Gasteiger partial charge in [0.25, 0.3) is 0 Å². The van der Waals surface area contributed by atoms with Crippen molar-refractivity contribution in [2.75, 3.05) is 34.9 Å². The number of likely N-dealkylation sites (N-methyl/N-ethyl adjacent to an activating group) is 1. The van der Waals surface area contributed by atoms with E-state index in [9.17, 15) is 5.26 Å². The van der Waals surface area contributed by atoms with Crippen molar-refractivity contribution in [1.29, 1.82) is 5.26 Å². The summed E-state index contributed by atoms with van der Waals surface area (Å²) in [4.78, 5) is 2.09. The van der Waals surface area contributed by atoms with Crippen LogP contribution in [0, 0.1) is 11.3 Å². The highest BCUT2D eigenvalue weighted by Gasteiger charge is 2.24. The molecule has 1 unspecified atom stereocenters. The minimum atomic E-state index is -0.283. The second kappa shape index (κ2) is 7.67. The van der Waals surface area contributed by atoms with Crippen LogP contribution in [0.25, 0.3) is 0 Å². The molecule has 0 spiro atoms. The largest absolute Gasteiger partial charge is 0.497 e. The standard InChI is InChI=1S/C21H24N2O3/c1-23-8-7-14-11-20(25-3)21(26-4)12-15(14)9-16-10-17(24-2)5-6-18(16)19(23)13-22/h5-6,10-12,19H,7-9H2,1-4H3. The topological polar surface area (TPSA) is 54.7 Å². The Morgan fingerprint density at radius 1 is 0.962 bits per heavy atom. The van der Waals surface area contributed by atoms with Crippen LogP contribution in [-0.2, 0) is 12.8 Å². The number of benzene rings is 2. The van der Waals surface area contributed by atoms with E-state index in [-0.39, 0.29) is 6.04 Å². The van der Waals surface area contributed by atoms with Gasteiger partial charge in [0.05, 0.1) is 27.4 Å². The molecule has 2 aromatic carbocycles. The SMILES string of the molecule is COc1ccc2c(c1)Cc1cc(OC)c(OC)cc1CCN(C)C2C#N. The quantitative estimate of drug-likeness (QED) is 0.848. The first-order chi connectivity index (χ1) is 12.6. The number of nitrogens with zero attached hydrogens (tertiary/aromatic N) is 2. The summed E-state index contributed by atoms with van der Waals surface area (Å²) in [5, 5.41) is 9.76. The normalized spacial score (nSPS) is 17.0. The van der Waals surface area contributed by atoms with Gasteiger partial charge in [0.2, 0.25) is 0 Å². The van der Waals surface area contributed by atoms with Gasteiger partial charge in [-0.3, -0.25) is 4.90 Å². The molecule has 0 fully saturated rings. The van der Waals surface area contributed by atoms with E-state index in [1.165, 1.54) is 11.1 Å². The van der Waals surface area contributed by atoms with Crippen molar-refractivity contribution in [3.63, 3.8) is 0 Å². The molecule has 136 valence electrons. The molecule has 1 atom stereocenters. The molecular weight excluding hydrogens is 328 g/mol. The summed E-state index contributed by atoms with van der Waals surface area (Å²) < 4.78 is 16.4. The Balaban J connectivity index is 2.17. The Morgan fingerprint density at radius 3 is 2.27 bits per heavy atom. The van der Waals surface area contributed by atoms with Crippen molar-refractivity contribution < 1.29 is 14.2 Å². The van der Waals surface area contributed by atoms with E-state index >= 15 is 0 Å². The fraction of sp³-hybridized carbons (Fsp3) is 0.381. The summed E-state index contributed by atoms with van der Waals surface area (Å²) in [6.45, 7) is 0.784. The third-order valence-corrected chi connectivity index (χ3v) is 5.03. The number of rotatable bonds is 3. The average Bonchev–Trinajstić information content (AvgIpc) is 2.72. The third-order valence-electron chi connectivity index (χ3n) is 5.03. The van der Waals surface area contributed by atoms with Crippen LogP contribution in [0.2, 0.25) is 0 Å². The highest BCUT2D eigenvalue weighted by Crippen LogP contribution is 2.35. The lowest BCUT2D eigenvalue weighted by Gasteiger charge is -2.23. The summed E-state index contributed by atoms with van der Waals surface area (Å²) in [7, 11) is 6.95. The second-order valence-corrected chi connectivity index (χ2v) is 6.48. The summed E-state index contributed by atoms with van der Waals surface area (Å²) in [5.41, 5.74) is 4.52. The lowest BCUT2D eigenvalue weighted by molar-refractivity contribution is 0.295. The predicted octanol–water partition coefficient (Wildman–Crippen LogP) is 3.36. The molecule has 0 radical (unpaired) electrons. The maximum absolute atomic E-state index is 9.76. The molecule has 5 nitrogen and oxygen atoms in total. The Hall–Kier alpha value is -2.71. The van der Waals surface area contributed by atoms with Gasteiger partial charge < -0.3 is 14.2 Å². The van der Waals surface area contributed by atoms with Crippen LogP contribution in [0.3, 0.4) is 0 Å². The molecule has 5 heteroatoms. The Morgan fingerprint density at radius 2 is 1.65 bits per heavy atom. The van der Waals surface area contributed by atoms with Crippen LogP contribution in [0.15, 0.2) is 30.3 Å². The van der Waals surface area contributed by atoms with E-state index in [4.69, 9.17) is 14.2 Å². The zero-order chi connectivity index (χ0) is 18.7. The van der Waals surface area contributed by atoms with E-state index in [1.54, 1.807) is 21.3 Å². The second-order valence-electron chi connectivity index (χ2n) is 6.48. The zero-order valence-corrected chi connectivity index (χ0v) is 15.7. The number of hydrogen-bond donors (Lipinski definition) is 0. The zero-order valence-electron chi connectivity index (χ0n) is 15.7. The predicted molar refractivity (Wildman–Crippen MR) is 100 cm³/mol. The molecule has 3 rings (SSSR count). The van der Waals surface area contributed by atoms with Gasteiger partial charge in [-0.1, -0.05) is 6.07 Å². The number of fused-ring (bicyclic) bond motifs is 2. The lowest BCUT2D eigenvalue weighted by atomic mass is 9.93. The molecule has 0 amide bonds. The lowest BCUT2D eigenvalue weighted by Crippen LogP contribution is -2.26. The van der Waals surface area contributed by atoms with Crippen molar-refractivity contribution in [3.05, 3.63) is 52.6 Å². The van der Waals surface area contributed by atoms with Crippen LogP contribution in [-0.4, -0.2) is 39.8 Å². The molecule has 2 aromatic rings. The Labute approximate surface area is 154 Å². The molecule has 1 aliphatic heterocycles. The van der Waals surface area contributed by atoms with E-state index in [2.05, 4.69) is 17.0 Å². The molecular formula is C21H24N2O3.